The van der Waals surface area contributed by atoms with Crippen molar-refractivity contribution in [2.75, 3.05) is 18.9 Å². The second-order valence-electron chi connectivity index (χ2n) is 4.75. The van der Waals surface area contributed by atoms with E-state index < -0.39 is 24.7 Å². The average Bonchev–Trinajstić information content (AvgIpc) is 2.45. The molecular formula is C14H18F3N3O2. The van der Waals surface area contributed by atoms with Crippen molar-refractivity contribution in [3.05, 3.63) is 29.8 Å². The molecule has 0 saturated carbocycles. The summed E-state index contributed by atoms with van der Waals surface area (Å²) in [6.07, 6.45) is -4.20. The van der Waals surface area contributed by atoms with E-state index in [0.29, 0.717) is 5.69 Å². The van der Waals surface area contributed by atoms with E-state index in [4.69, 9.17) is 0 Å². The lowest BCUT2D eigenvalue weighted by Crippen LogP contribution is -2.42. The average molecular weight is 317 g/mol. The fraction of sp³-hybridized carbons (Fsp3) is 0.429. The second kappa shape index (κ2) is 7.67. The zero-order valence-electron chi connectivity index (χ0n) is 12.3. The lowest BCUT2D eigenvalue weighted by Gasteiger charge is -2.16. The maximum absolute atomic E-state index is 12.0. The van der Waals surface area contributed by atoms with Crippen LogP contribution in [0.15, 0.2) is 24.3 Å². The van der Waals surface area contributed by atoms with Crippen LogP contribution in [0.4, 0.5) is 18.9 Å². The molecule has 0 aliphatic carbocycles. The molecular weight excluding hydrogens is 299 g/mol. The minimum absolute atomic E-state index is 0.124. The molecule has 1 unspecified atom stereocenters. The highest BCUT2D eigenvalue weighted by Crippen LogP contribution is 2.13. The van der Waals surface area contributed by atoms with Crippen molar-refractivity contribution in [2.45, 2.75) is 25.6 Å². The zero-order valence-corrected chi connectivity index (χ0v) is 12.3. The van der Waals surface area contributed by atoms with E-state index in [1.807, 2.05) is 5.32 Å². The Bertz CT molecular complexity index is 515. The van der Waals surface area contributed by atoms with E-state index >= 15 is 0 Å². The van der Waals surface area contributed by atoms with Gasteiger partial charge in [-0.3, -0.25) is 9.59 Å². The second-order valence-corrected chi connectivity index (χ2v) is 4.75. The van der Waals surface area contributed by atoms with Crippen LogP contribution >= 0.6 is 0 Å². The summed E-state index contributed by atoms with van der Waals surface area (Å²) in [5.74, 6) is -0.868. The molecule has 0 saturated heterocycles. The maximum Gasteiger partial charge on any atom is 0.405 e. The number of nitrogens with one attached hydrogen (secondary N) is 3. The Morgan fingerprint density at radius 2 is 1.77 bits per heavy atom. The van der Waals surface area contributed by atoms with E-state index in [1.165, 1.54) is 6.92 Å². The number of benzene rings is 1. The number of alkyl halides is 3. The van der Waals surface area contributed by atoms with Crippen LogP contribution in [0, 0.1) is 0 Å². The lowest BCUT2D eigenvalue weighted by molar-refractivity contribution is -0.138. The molecule has 0 aliphatic heterocycles. The largest absolute Gasteiger partial charge is 0.405 e. The number of amides is 2. The van der Waals surface area contributed by atoms with Crippen LogP contribution < -0.4 is 16.0 Å². The van der Waals surface area contributed by atoms with Gasteiger partial charge < -0.3 is 16.0 Å². The van der Waals surface area contributed by atoms with E-state index in [0.717, 1.165) is 5.56 Å². The fourth-order valence-electron chi connectivity index (χ4n) is 1.65. The van der Waals surface area contributed by atoms with Gasteiger partial charge in [-0.25, -0.2) is 0 Å². The summed E-state index contributed by atoms with van der Waals surface area (Å²) in [4.78, 5) is 22.7. The van der Waals surface area contributed by atoms with Gasteiger partial charge in [0.2, 0.25) is 11.8 Å². The molecule has 1 aromatic carbocycles. The topological polar surface area (TPSA) is 70.2 Å². The van der Waals surface area contributed by atoms with E-state index in [1.54, 1.807) is 31.3 Å². The number of hydrogen-bond donors (Lipinski definition) is 3. The number of likely N-dealkylation sites (N-methyl/N-ethyl adjacent to an activating group) is 1. The van der Waals surface area contributed by atoms with Crippen LogP contribution in [-0.2, 0) is 16.0 Å². The van der Waals surface area contributed by atoms with E-state index in [9.17, 15) is 22.8 Å². The van der Waals surface area contributed by atoms with Crippen molar-refractivity contribution in [3.8, 4) is 0 Å². The Balaban J connectivity index is 2.52. The standard InChI is InChI=1S/C14H18F3N3O2/c1-9(13(22)19-8-14(15,16)17)20-11-5-3-10(4-6-11)7-12(21)18-2/h3-6,9,20H,7-8H2,1-2H3,(H,18,21)(H,19,22). The Kier molecular flexibility index (Phi) is 6.21. The van der Waals surface area contributed by atoms with Gasteiger partial charge in [0.25, 0.3) is 0 Å². The summed E-state index contributed by atoms with van der Waals surface area (Å²) >= 11 is 0. The van der Waals surface area contributed by atoms with Crippen molar-refractivity contribution in [1.29, 1.82) is 0 Å². The number of hydrogen-bond acceptors (Lipinski definition) is 3. The number of carbonyl (C=O) groups is 2. The normalized spacial score (nSPS) is 12.4. The Morgan fingerprint density at radius 1 is 1.18 bits per heavy atom. The van der Waals surface area contributed by atoms with E-state index in [-0.39, 0.29) is 12.3 Å². The molecule has 0 heterocycles. The lowest BCUT2D eigenvalue weighted by atomic mass is 10.1. The van der Waals surface area contributed by atoms with Gasteiger partial charge in [0.15, 0.2) is 0 Å². The summed E-state index contributed by atoms with van der Waals surface area (Å²) in [5.41, 5.74) is 1.37. The predicted molar refractivity (Wildman–Crippen MR) is 76.4 cm³/mol. The van der Waals surface area contributed by atoms with Gasteiger partial charge in [-0.1, -0.05) is 12.1 Å². The summed E-state index contributed by atoms with van der Waals surface area (Å²) in [7, 11) is 1.54. The van der Waals surface area contributed by atoms with Crippen LogP contribution in [0.5, 0.6) is 0 Å². The molecule has 0 spiro atoms. The molecule has 1 atom stereocenters. The summed E-state index contributed by atoms with van der Waals surface area (Å²) in [6.45, 7) is 0.104. The van der Waals surface area contributed by atoms with Crippen LogP contribution in [0.1, 0.15) is 12.5 Å². The van der Waals surface area contributed by atoms with Gasteiger partial charge in [-0.15, -0.1) is 0 Å². The van der Waals surface area contributed by atoms with Crippen LogP contribution in [0.3, 0.4) is 0 Å². The van der Waals surface area contributed by atoms with Crippen molar-refractivity contribution in [1.82, 2.24) is 10.6 Å². The SMILES string of the molecule is CNC(=O)Cc1ccc(NC(C)C(=O)NCC(F)(F)F)cc1. The summed E-state index contributed by atoms with van der Waals surface area (Å²) < 4.78 is 36.0. The molecule has 0 radical (unpaired) electrons. The summed E-state index contributed by atoms with van der Waals surface area (Å²) in [5, 5.41) is 7.10. The first-order valence-corrected chi connectivity index (χ1v) is 6.62. The van der Waals surface area contributed by atoms with Crippen LogP contribution in [0.2, 0.25) is 0 Å². The highest BCUT2D eigenvalue weighted by atomic mass is 19.4. The molecule has 2 amide bonds. The molecule has 0 aliphatic rings. The zero-order chi connectivity index (χ0) is 16.8. The third-order valence-electron chi connectivity index (χ3n) is 2.84. The summed E-state index contributed by atoms with van der Waals surface area (Å²) in [6, 6.07) is 5.92. The van der Waals surface area contributed by atoms with Gasteiger partial charge in [0, 0.05) is 12.7 Å². The van der Waals surface area contributed by atoms with Crippen molar-refractivity contribution in [3.63, 3.8) is 0 Å². The molecule has 3 N–H and O–H groups in total. The van der Waals surface area contributed by atoms with Gasteiger partial charge in [-0.05, 0) is 24.6 Å². The molecule has 0 aromatic heterocycles. The maximum atomic E-state index is 12.0. The number of anilines is 1. The van der Waals surface area contributed by atoms with E-state index in [2.05, 4.69) is 10.6 Å². The van der Waals surface area contributed by atoms with Gasteiger partial charge in [0.05, 0.1) is 6.42 Å². The molecule has 122 valence electrons. The minimum Gasteiger partial charge on any atom is -0.374 e. The minimum atomic E-state index is -4.43. The highest BCUT2D eigenvalue weighted by molar-refractivity contribution is 5.84. The molecule has 0 bridgehead atoms. The first-order valence-electron chi connectivity index (χ1n) is 6.62. The molecule has 8 heteroatoms. The Morgan fingerprint density at radius 3 is 2.27 bits per heavy atom. The number of halogens is 3. The fourth-order valence-corrected chi connectivity index (χ4v) is 1.65. The molecule has 0 fully saturated rings. The number of carbonyl (C=O) groups excluding carboxylic acids is 2. The third-order valence-corrected chi connectivity index (χ3v) is 2.84. The van der Waals surface area contributed by atoms with Crippen LogP contribution in [0.25, 0.3) is 0 Å². The highest BCUT2D eigenvalue weighted by Gasteiger charge is 2.28. The Hall–Kier alpha value is -2.25. The van der Waals surface area contributed by atoms with Gasteiger partial charge >= 0.3 is 6.18 Å². The first-order chi connectivity index (χ1) is 10.2. The Labute approximate surface area is 126 Å². The first kappa shape index (κ1) is 17.8. The van der Waals surface area contributed by atoms with Crippen molar-refractivity contribution >= 4 is 17.5 Å². The number of rotatable bonds is 6. The quantitative estimate of drug-likeness (QED) is 0.744. The third kappa shape index (κ3) is 6.47. The van der Waals surface area contributed by atoms with Crippen molar-refractivity contribution < 1.29 is 22.8 Å². The molecule has 1 aromatic rings. The molecule has 5 nitrogen and oxygen atoms in total. The molecule has 1 rings (SSSR count). The van der Waals surface area contributed by atoms with Crippen molar-refractivity contribution in [2.24, 2.45) is 0 Å². The smallest absolute Gasteiger partial charge is 0.374 e. The van der Waals surface area contributed by atoms with Gasteiger partial charge in [-0.2, -0.15) is 13.2 Å². The van der Waals surface area contributed by atoms with Crippen LogP contribution in [-0.4, -0.2) is 37.6 Å². The monoisotopic (exact) mass is 317 g/mol. The molecule has 22 heavy (non-hydrogen) atoms. The van der Waals surface area contributed by atoms with Gasteiger partial charge in [0.1, 0.15) is 12.6 Å². The predicted octanol–water partition coefficient (Wildman–Crippen LogP) is 1.45.